The molecule has 1 aromatic heterocycles. The van der Waals surface area contributed by atoms with Gasteiger partial charge in [-0.2, -0.15) is 4.98 Å². The molecule has 20 heavy (non-hydrogen) atoms. The highest BCUT2D eigenvalue weighted by Crippen LogP contribution is 2.26. The van der Waals surface area contributed by atoms with Gasteiger partial charge in [0.2, 0.25) is 0 Å². The van der Waals surface area contributed by atoms with Crippen LogP contribution in [-0.2, 0) is 6.61 Å². The third kappa shape index (κ3) is 3.34. The Hall–Kier alpha value is -2.38. The van der Waals surface area contributed by atoms with Crippen molar-refractivity contribution in [3.63, 3.8) is 0 Å². The van der Waals surface area contributed by atoms with E-state index in [-0.39, 0.29) is 24.0 Å². The molecule has 0 saturated carbocycles. The topological polar surface area (TPSA) is 103 Å². The summed E-state index contributed by atoms with van der Waals surface area (Å²) in [5, 5.41) is 11.5. The number of aromatic nitrogens is 1. The number of halogens is 1. The fourth-order valence-corrected chi connectivity index (χ4v) is 1.62. The quantitative estimate of drug-likeness (QED) is 0.499. The standard InChI is InChI=1S/C12H11ClN4O3/c13-9-3-1-8(2-4-9)7-20-12-10(17(18)19)5-6-11(15-12)16-14/h1-6H,7,14H2,(H,15,16). The zero-order valence-electron chi connectivity index (χ0n) is 10.2. The van der Waals surface area contributed by atoms with Crippen LogP contribution in [0.3, 0.4) is 0 Å². The van der Waals surface area contributed by atoms with Crippen molar-refractivity contribution in [1.82, 2.24) is 4.98 Å². The zero-order valence-corrected chi connectivity index (χ0v) is 11.0. The number of nitrogens with two attached hydrogens (primary N) is 1. The monoisotopic (exact) mass is 294 g/mol. The van der Waals surface area contributed by atoms with Gasteiger partial charge < -0.3 is 10.2 Å². The number of benzene rings is 1. The third-order valence-corrected chi connectivity index (χ3v) is 2.73. The fourth-order valence-electron chi connectivity index (χ4n) is 1.49. The van der Waals surface area contributed by atoms with Crippen LogP contribution in [-0.4, -0.2) is 9.91 Å². The Labute approximate surface area is 119 Å². The molecule has 104 valence electrons. The molecule has 0 amide bonds. The Balaban J connectivity index is 2.18. The maximum atomic E-state index is 10.9. The molecular formula is C12H11ClN4O3. The average molecular weight is 295 g/mol. The van der Waals surface area contributed by atoms with Crippen LogP contribution in [0.15, 0.2) is 36.4 Å². The molecule has 1 heterocycles. The highest BCUT2D eigenvalue weighted by Gasteiger charge is 2.17. The molecular weight excluding hydrogens is 284 g/mol. The number of nitrogen functional groups attached to an aromatic ring is 1. The van der Waals surface area contributed by atoms with E-state index in [0.717, 1.165) is 5.56 Å². The number of anilines is 1. The minimum atomic E-state index is -0.565. The third-order valence-electron chi connectivity index (χ3n) is 2.47. The van der Waals surface area contributed by atoms with Gasteiger partial charge in [0, 0.05) is 11.1 Å². The van der Waals surface area contributed by atoms with Crippen molar-refractivity contribution in [3.8, 4) is 5.88 Å². The first-order valence-electron chi connectivity index (χ1n) is 5.59. The number of hydrazine groups is 1. The molecule has 0 aliphatic carbocycles. The van der Waals surface area contributed by atoms with Crippen LogP contribution in [0.5, 0.6) is 5.88 Å². The van der Waals surface area contributed by atoms with Crippen LogP contribution < -0.4 is 16.0 Å². The van der Waals surface area contributed by atoms with Gasteiger partial charge in [-0.25, -0.2) is 5.84 Å². The first kappa shape index (κ1) is 14.0. The minimum Gasteiger partial charge on any atom is -0.468 e. The molecule has 7 nitrogen and oxygen atoms in total. The number of ether oxygens (including phenoxy) is 1. The van der Waals surface area contributed by atoms with Gasteiger partial charge in [-0.3, -0.25) is 10.1 Å². The lowest BCUT2D eigenvalue weighted by atomic mass is 10.2. The van der Waals surface area contributed by atoms with Crippen molar-refractivity contribution < 1.29 is 9.66 Å². The highest BCUT2D eigenvalue weighted by atomic mass is 35.5. The molecule has 0 bridgehead atoms. The number of nitrogens with one attached hydrogen (secondary N) is 1. The van der Waals surface area contributed by atoms with Gasteiger partial charge >= 0.3 is 5.69 Å². The van der Waals surface area contributed by atoms with Crippen molar-refractivity contribution in [2.45, 2.75) is 6.61 Å². The van der Waals surface area contributed by atoms with E-state index in [0.29, 0.717) is 5.02 Å². The van der Waals surface area contributed by atoms with Crippen molar-refractivity contribution in [2.75, 3.05) is 5.43 Å². The van der Waals surface area contributed by atoms with Gasteiger partial charge in [0.15, 0.2) is 0 Å². The largest absolute Gasteiger partial charge is 0.468 e. The molecule has 0 aliphatic heterocycles. The predicted octanol–water partition coefficient (Wildman–Crippen LogP) is 2.51. The lowest BCUT2D eigenvalue weighted by Gasteiger charge is -2.07. The van der Waals surface area contributed by atoms with E-state index in [2.05, 4.69) is 10.4 Å². The molecule has 2 rings (SSSR count). The summed E-state index contributed by atoms with van der Waals surface area (Å²) in [5.41, 5.74) is 2.90. The summed E-state index contributed by atoms with van der Waals surface area (Å²) in [7, 11) is 0. The normalized spacial score (nSPS) is 10.1. The Kier molecular flexibility index (Phi) is 4.34. The van der Waals surface area contributed by atoms with E-state index >= 15 is 0 Å². The van der Waals surface area contributed by atoms with Crippen LogP contribution in [0.25, 0.3) is 0 Å². The lowest BCUT2D eigenvalue weighted by molar-refractivity contribution is -0.386. The summed E-state index contributed by atoms with van der Waals surface area (Å²) in [6.45, 7) is 0.138. The Morgan fingerprint density at radius 2 is 2.00 bits per heavy atom. The van der Waals surface area contributed by atoms with Crippen molar-refractivity contribution >= 4 is 23.1 Å². The van der Waals surface area contributed by atoms with Gasteiger partial charge in [0.25, 0.3) is 5.88 Å². The number of nitrogens with zero attached hydrogens (tertiary/aromatic N) is 2. The zero-order chi connectivity index (χ0) is 14.5. The molecule has 0 aliphatic rings. The van der Waals surface area contributed by atoms with Crippen molar-refractivity contribution in [3.05, 3.63) is 57.1 Å². The van der Waals surface area contributed by atoms with E-state index in [1.807, 2.05) is 0 Å². The van der Waals surface area contributed by atoms with Gasteiger partial charge in [0.05, 0.1) is 4.92 Å². The van der Waals surface area contributed by atoms with Crippen LogP contribution in [0.2, 0.25) is 5.02 Å². The summed E-state index contributed by atoms with van der Waals surface area (Å²) in [6, 6.07) is 9.62. The fraction of sp³-hybridized carbons (Fsp3) is 0.0833. The first-order valence-corrected chi connectivity index (χ1v) is 5.97. The predicted molar refractivity (Wildman–Crippen MR) is 74.5 cm³/mol. The van der Waals surface area contributed by atoms with Gasteiger partial charge in [-0.15, -0.1) is 0 Å². The van der Waals surface area contributed by atoms with Crippen LogP contribution in [0.1, 0.15) is 5.56 Å². The summed E-state index contributed by atoms with van der Waals surface area (Å²) < 4.78 is 5.38. The number of pyridine rings is 1. The molecule has 0 saturated heterocycles. The van der Waals surface area contributed by atoms with E-state index < -0.39 is 4.92 Å². The second-order valence-electron chi connectivity index (χ2n) is 3.84. The number of rotatable bonds is 5. The molecule has 0 radical (unpaired) electrons. The Bertz CT molecular complexity index is 619. The summed E-state index contributed by atoms with van der Waals surface area (Å²) in [6.07, 6.45) is 0. The maximum Gasteiger partial charge on any atom is 0.331 e. The van der Waals surface area contributed by atoms with E-state index in [1.165, 1.54) is 12.1 Å². The molecule has 2 aromatic rings. The first-order chi connectivity index (χ1) is 9.60. The molecule has 0 spiro atoms. The van der Waals surface area contributed by atoms with Crippen molar-refractivity contribution in [1.29, 1.82) is 0 Å². The summed E-state index contributed by atoms with van der Waals surface area (Å²) in [4.78, 5) is 14.2. The second kappa shape index (κ2) is 6.18. The number of hydrogen-bond acceptors (Lipinski definition) is 6. The molecule has 0 fully saturated rings. The maximum absolute atomic E-state index is 10.9. The molecule has 0 unspecified atom stereocenters. The van der Waals surface area contributed by atoms with E-state index in [4.69, 9.17) is 22.2 Å². The molecule has 3 N–H and O–H groups in total. The van der Waals surface area contributed by atoms with Gasteiger partial charge in [-0.05, 0) is 23.8 Å². The van der Waals surface area contributed by atoms with Crippen LogP contribution in [0, 0.1) is 10.1 Å². The average Bonchev–Trinajstić information content (AvgIpc) is 2.46. The van der Waals surface area contributed by atoms with E-state index in [9.17, 15) is 10.1 Å². The molecule has 1 aromatic carbocycles. The highest BCUT2D eigenvalue weighted by molar-refractivity contribution is 6.30. The lowest BCUT2D eigenvalue weighted by Crippen LogP contribution is -2.10. The van der Waals surface area contributed by atoms with Crippen LogP contribution in [0.4, 0.5) is 11.5 Å². The summed E-state index contributed by atoms with van der Waals surface area (Å²) >= 11 is 5.77. The SMILES string of the molecule is NNc1ccc([N+](=O)[O-])c(OCc2ccc(Cl)cc2)n1. The molecule has 0 atom stereocenters. The second-order valence-corrected chi connectivity index (χ2v) is 4.27. The van der Waals surface area contributed by atoms with Crippen molar-refractivity contribution in [2.24, 2.45) is 5.84 Å². The smallest absolute Gasteiger partial charge is 0.331 e. The van der Waals surface area contributed by atoms with E-state index in [1.54, 1.807) is 24.3 Å². The number of hydrogen-bond donors (Lipinski definition) is 2. The van der Waals surface area contributed by atoms with Gasteiger partial charge in [0.1, 0.15) is 12.4 Å². The van der Waals surface area contributed by atoms with Gasteiger partial charge in [-0.1, -0.05) is 23.7 Å². The summed E-state index contributed by atoms with van der Waals surface area (Å²) in [5.74, 6) is 5.40. The Morgan fingerprint density at radius 3 is 2.60 bits per heavy atom. The Morgan fingerprint density at radius 1 is 1.30 bits per heavy atom. The van der Waals surface area contributed by atoms with Crippen LogP contribution >= 0.6 is 11.6 Å². The number of nitro groups is 1. The molecule has 8 heteroatoms. The minimum absolute atomic E-state index is 0.0969.